The van der Waals surface area contributed by atoms with Crippen LogP contribution in [-0.2, 0) is 21.3 Å². The van der Waals surface area contributed by atoms with E-state index >= 15 is 0 Å². The Labute approximate surface area is 135 Å². The van der Waals surface area contributed by atoms with Crippen LogP contribution in [0.15, 0.2) is 42.5 Å². The van der Waals surface area contributed by atoms with Gasteiger partial charge in [0.15, 0.2) is 0 Å². The van der Waals surface area contributed by atoms with Crippen LogP contribution in [0.1, 0.15) is 5.56 Å². The van der Waals surface area contributed by atoms with E-state index in [1.54, 1.807) is 12.1 Å². The van der Waals surface area contributed by atoms with Crippen molar-refractivity contribution in [2.75, 3.05) is 5.75 Å². The summed E-state index contributed by atoms with van der Waals surface area (Å²) in [4.78, 5) is 10.7. The fraction of sp³-hybridized carbons (Fsp3) is 0.133. The molecule has 0 spiro atoms. The molecule has 2 aromatic carbocycles. The van der Waals surface area contributed by atoms with Gasteiger partial charge in [-0.1, -0.05) is 53.5 Å². The largest absolute Gasteiger partial charge is 0.369 e. The second kappa shape index (κ2) is 7.07. The van der Waals surface area contributed by atoms with Crippen LogP contribution in [0.5, 0.6) is 0 Å². The quantitative estimate of drug-likeness (QED) is 0.905. The van der Waals surface area contributed by atoms with Crippen LogP contribution in [0, 0.1) is 0 Å². The number of carbonyl (C=O) groups is 1. The van der Waals surface area contributed by atoms with E-state index in [1.165, 1.54) is 0 Å². The van der Waals surface area contributed by atoms with Crippen molar-refractivity contribution >= 4 is 39.9 Å². The van der Waals surface area contributed by atoms with Crippen LogP contribution >= 0.6 is 23.2 Å². The summed E-state index contributed by atoms with van der Waals surface area (Å²) in [5.74, 6) is -0.375. The fourth-order valence-corrected chi connectivity index (χ4v) is 3.40. The third-order valence-corrected chi connectivity index (χ3v) is 4.64. The van der Waals surface area contributed by atoms with E-state index in [0.717, 1.165) is 16.7 Å². The molecular formula is C15H13Cl2NO2S. The first kappa shape index (κ1) is 16.0. The number of rotatable bonds is 5. The summed E-state index contributed by atoms with van der Waals surface area (Å²) in [7, 11) is -1.28. The monoisotopic (exact) mass is 341 g/mol. The maximum atomic E-state index is 11.6. The van der Waals surface area contributed by atoms with E-state index in [2.05, 4.69) is 0 Å². The van der Waals surface area contributed by atoms with Crippen molar-refractivity contribution in [1.29, 1.82) is 0 Å². The first-order chi connectivity index (χ1) is 9.95. The topological polar surface area (TPSA) is 60.2 Å². The van der Waals surface area contributed by atoms with Gasteiger partial charge in [0.25, 0.3) is 0 Å². The molecule has 0 bridgehead atoms. The van der Waals surface area contributed by atoms with E-state index in [1.807, 2.05) is 30.3 Å². The van der Waals surface area contributed by atoms with Crippen molar-refractivity contribution in [2.45, 2.75) is 5.75 Å². The SMILES string of the molecule is NC(=O)C[S@@](=O)Cc1ccc(-c2ccc(Cl)cc2Cl)cc1. The molecule has 1 atom stereocenters. The van der Waals surface area contributed by atoms with E-state index in [9.17, 15) is 9.00 Å². The maximum absolute atomic E-state index is 11.6. The molecule has 0 saturated heterocycles. The number of nitrogens with two attached hydrogens (primary N) is 1. The Morgan fingerprint density at radius 3 is 2.33 bits per heavy atom. The molecule has 0 aliphatic carbocycles. The van der Waals surface area contributed by atoms with Gasteiger partial charge in [-0.3, -0.25) is 9.00 Å². The molecule has 0 saturated carbocycles. The second-order valence-electron chi connectivity index (χ2n) is 4.52. The highest BCUT2D eigenvalue weighted by atomic mass is 35.5. The van der Waals surface area contributed by atoms with Crippen LogP contribution in [0.4, 0.5) is 0 Å². The van der Waals surface area contributed by atoms with Gasteiger partial charge < -0.3 is 5.73 Å². The first-order valence-electron chi connectivity index (χ1n) is 6.13. The van der Waals surface area contributed by atoms with Crippen molar-refractivity contribution < 1.29 is 9.00 Å². The van der Waals surface area contributed by atoms with Gasteiger partial charge in [-0.2, -0.15) is 0 Å². The molecule has 0 aliphatic rings. The summed E-state index contributed by atoms with van der Waals surface area (Å²) in [5.41, 5.74) is 7.72. The summed E-state index contributed by atoms with van der Waals surface area (Å²) in [6.45, 7) is 0. The lowest BCUT2D eigenvalue weighted by atomic mass is 10.0. The molecule has 6 heteroatoms. The molecule has 21 heavy (non-hydrogen) atoms. The minimum Gasteiger partial charge on any atom is -0.369 e. The molecule has 2 aromatic rings. The van der Waals surface area contributed by atoms with Gasteiger partial charge in [-0.05, 0) is 23.3 Å². The lowest BCUT2D eigenvalue weighted by molar-refractivity contribution is -0.115. The zero-order valence-electron chi connectivity index (χ0n) is 11.0. The number of amides is 1. The summed E-state index contributed by atoms with van der Waals surface area (Å²) >= 11 is 12.0. The average Bonchev–Trinajstić information content (AvgIpc) is 2.39. The Hall–Kier alpha value is -1.36. The first-order valence-corrected chi connectivity index (χ1v) is 8.38. The van der Waals surface area contributed by atoms with Gasteiger partial charge in [-0.15, -0.1) is 0 Å². The van der Waals surface area contributed by atoms with E-state index in [4.69, 9.17) is 28.9 Å². The lowest BCUT2D eigenvalue weighted by Gasteiger charge is -2.07. The number of primary amides is 1. The fourth-order valence-electron chi connectivity index (χ4n) is 1.90. The minimum absolute atomic E-state index is 0.120. The molecular weight excluding hydrogens is 329 g/mol. The minimum atomic E-state index is -1.28. The lowest BCUT2D eigenvalue weighted by Crippen LogP contribution is -2.20. The van der Waals surface area contributed by atoms with Crippen molar-refractivity contribution in [1.82, 2.24) is 0 Å². The molecule has 0 aliphatic heterocycles. The van der Waals surface area contributed by atoms with Crippen molar-refractivity contribution in [3.05, 3.63) is 58.1 Å². The summed E-state index contributed by atoms with van der Waals surface area (Å²) < 4.78 is 11.6. The molecule has 3 nitrogen and oxygen atoms in total. The van der Waals surface area contributed by atoms with Crippen molar-refractivity contribution in [3.63, 3.8) is 0 Å². The van der Waals surface area contributed by atoms with E-state index < -0.39 is 16.7 Å². The third-order valence-electron chi connectivity index (χ3n) is 2.83. The highest BCUT2D eigenvalue weighted by molar-refractivity contribution is 7.84. The highest BCUT2D eigenvalue weighted by Gasteiger charge is 2.07. The van der Waals surface area contributed by atoms with Gasteiger partial charge >= 0.3 is 0 Å². The van der Waals surface area contributed by atoms with Crippen LogP contribution in [0.3, 0.4) is 0 Å². The number of hydrogen-bond donors (Lipinski definition) is 1. The number of hydrogen-bond acceptors (Lipinski definition) is 2. The van der Waals surface area contributed by atoms with Crippen LogP contribution in [0.25, 0.3) is 11.1 Å². The van der Waals surface area contributed by atoms with Crippen molar-refractivity contribution in [3.8, 4) is 11.1 Å². The zero-order chi connectivity index (χ0) is 15.4. The molecule has 0 aromatic heterocycles. The summed E-state index contributed by atoms with van der Waals surface area (Å²) in [5, 5.41) is 1.16. The van der Waals surface area contributed by atoms with Crippen LogP contribution in [0.2, 0.25) is 10.0 Å². The molecule has 2 N–H and O–H groups in total. The van der Waals surface area contributed by atoms with Gasteiger partial charge in [0, 0.05) is 32.2 Å². The zero-order valence-corrected chi connectivity index (χ0v) is 13.3. The van der Waals surface area contributed by atoms with E-state index in [-0.39, 0.29) is 5.75 Å². The molecule has 0 radical (unpaired) electrons. The Morgan fingerprint density at radius 2 is 1.76 bits per heavy atom. The highest BCUT2D eigenvalue weighted by Crippen LogP contribution is 2.30. The molecule has 0 heterocycles. The molecule has 1 amide bonds. The van der Waals surface area contributed by atoms with Gasteiger partial charge in [0.1, 0.15) is 5.75 Å². The molecule has 110 valence electrons. The Balaban J connectivity index is 2.15. The van der Waals surface area contributed by atoms with Gasteiger partial charge in [0.2, 0.25) is 5.91 Å². The van der Waals surface area contributed by atoms with Gasteiger partial charge in [0.05, 0.1) is 0 Å². The number of halogens is 2. The summed E-state index contributed by atoms with van der Waals surface area (Å²) in [6, 6.07) is 12.8. The normalized spacial score (nSPS) is 12.1. The van der Waals surface area contributed by atoms with Gasteiger partial charge in [-0.25, -0.2) is 0 Å². The average molecular weight is 342 g/mol. The maximum Gasteiger partial charge on any atom is 0.230 e. The standard InChI is InChI=1S/C15H13Cl2NO2S/c16-12-5-6-13(14(17)7-12)11-3-1-10(2-4-11)8-21(20)9-15(18)19/h1-7H,8-9H2,(H2,18,19)/t21-/m0/s1. The third kappa shape index (κ3) is 4.56. The van der Waals surface area contributed by atoms with E-state index in [0.29, 0.717) is 15.8 Å². The second-order valence-corrected chi connectivity index (χ2v) is 6.82. The molecule has 2 rings (SSSR count). The Kier molecular flexibility index (Phi) is 5.39. The number of carbonyl (C=O) groups excluding carboxylic acids is 1. The Bertz CT molecular complexity index is 687. The molecule has 0 fully saturated rings. The smallest absolute Gasteiger partial charge is 0.230 e. The van der Waals surface area contributed by atoms with Crippen LogP contribution in [-0.4, -0.2) is 15.9 Å². The molecule has 0 unspecified atom stereocenters. The summed E-state index contributed by atoms with van der Waals surface area (Å²) in [6.07, 6.45) is 0. The van der Waals surface area contributed by atoms with Crippen LogP contribution < -0.4 is 5.73 Å². The predicted molar refractivity (Wildman–Crippen MR) is 87.8 cm³/mol. The predicted octanol–water partition coefficient (Wildman–Crippen LogP) is 3.39. The Morgan fingerprint density at radius 1 is 1.10 bits per heavy atom. The van der Waals surface area contributed by atoms with Crippen molar-refractivity contribution in [2.24, 2.45) is 5.73 Å². The number of benzene rings is 2.